The van der Waals surface area contributed by atoms with Crippen LogP contribution >= 0.6 is 11.8 Å². The Morgan fingerprint density at radius 3 is 3.06 bits per heavy atom. The molecule has 2 aromatic rings. The number of hydrogen-bond acceptors (Lipinski definition) is 3. The highest BCUT2D eigenvalue weighted by Gasteiger charge is 2.12. The van der Waals surface area contributed by atoms with Gasteiger partial charge in [0, 0.05) is 12.3 Å². The summed E-state index contributed by atoms with van der Waals surface area (Å²) in [4.78, 5) is 15.3. The fraction of sp³-hybridized carbons (Fsp3) is 0.273. The van der Waals surface area contributed by atoms with Crippen LogP contribution in [0.2, 0.25) is 0 Å². The topological polar surface area (TPSA) is 55.1 Å². The van der Waals surface area contributed by atoms with Gasteiger partial charge in [0.1, 0.15) is 0 Å². The second kappa shape index (κ2) is 4.57. The first-order chi connectivity index (χ1) is 7.74. The van der Waals surface area contributed by atoms with Crippen LogP contribution in [0, 0.1) is 0 Å². The Balaban J connectivity index is 2.54. The molecule has 84 valence electrons. The first kappa shape index (κ1) is 11.0. The second-order valence-electron chi connectivity index (χ2n) is 3.41. The number of aromatic nitrogens is 2. The summed E-state index contributed by atoms with van der Waals surface area (Å²) in [7, 11) is 0. The Labute approximate surface area is 97.3 Å². The zero-order valence-corrected chi connectivity index (χ0v) is 9.70. The molecule has 1 aromatic carbocycles. The Bertz CT molecular complexity index is 522. The summed E-state index contributed by atoms with van der Waals surface area (Å²) in [5.41, 5.74) is 1.76. The summed E-state index contributed by atoms with van der Waals surface area (Å²) in [6.45, 7) is 0.780. The van der Waals surface area contributed by atoms with Gasteiger partial charge in [0.2, 0.25) is 0 Å². The minimum atomic E-state index is -0.906. The number of thioether (sulfide) groups is 1. The SMILES string of the molecule is CSCCn1cnc2cccc(C(=O)O)c21. The van der Waals surface area contributed by atoms with Crippen LogP contribution in [0.15, 0.2) is 24.5 Å². The lowest BCUT2D eigenvalue weighted by Crippen LogP contribution is -2.04. The number of fused-ring (bicyclic) bond motifs is 1. The van der Waals surface area contributed by atoms with Crippen molar-refractivity contribution in [3.05, 3.63) is 30.1 Å². The summed E-state index contributed by atoms with van der Waals surface area (Å²) < 4.78 is 1.90. The van der Waals surface area contributed by atoms with Crippen molar-refractivity contribution < 1.29 is 9.90 Å². The zero-order chi connectivity index (χ0) is 11.5. The molecule has 0 fully saturated rings. The number of rotatable bonds is 4. The normalized spacial score (nSPS) is 10.8. The molecule has 0 spiro atoms. The highest BCUT2D eigenvalue weighted by Crippen LogP contribution is 2.18. The quantitative estimate of drug-likeness (QED) is 0.883. The molecule has 4 nitrogen and oxygen atoms in total. The maximum atomic E-state index is 11.1. The molecule has 0 unspecified atom stereocenters. The number of hydrogen-bond donors (Lipinski definition) is 1. The van der Waals surface area contributed by atoms with Crippen LogP contribution in [0.1, 0.15) is 10.4 Å². The maximum Gasteiger partial charge on any atom is 0.337 e. The van der Waals surface area contributed by atoms with E-state index in [9.17, 15) is 4.79 Å². The number of aryl methyl sites for hydroxylation is 1. The predicted molar refractivity (Wildman–Crippen MR) is 65.1 cm³/mol. The molecule has 0 saturated carbocycles. The van der Waals surface area contributed by atoms with E-state index < -0.39 is 5.97 Å². The van der Waals surface area contributed by atoms with Gasteiger partial charge in [0.05, 0.1) is 22.9 Å². The number of aromatic carboxylic acids is 1. The average molecular weight is 236 g/mol. The smallest absolute Gasteiger partial charge is 0.337 e. The van der Waals surface area contributed by atoms with Gasteiger partial charge in [-0.05, 0) is 18.4 Å². The Hall–Kier alpha value is -1.49. The van der Waals surface area contributed by atoms with Gasteiger partial charge in [0.15, 0.2) is 0 Å². The van der Waals surface area contributed by atoms with Crippen LogP contribution in [0.3, 0.4) is 0 Å². The minimum absolute atomic E-state index is 0.316. The lowest BCUT2D eigenvalue weighted by molar-refractivity contribution is 0.0698. The highest BCUT2D eigenvalue weighted by atomic mass is 32.2. The molecule has 0 aliphatic heterocycles. The molecule has 0 atom stereocenters. The van der Waals surface area contributed by atoms with Crippen molar-refractivity contribution >= 4 is 28.8 Å². The molecule has 1 N–H and O–H groups in total. The third kappa shape index (κ3) is 1.90. The molecule has 0 aliphatic rings. The zero-order valence-electron chi connectivity index (χ0n) is 8.88. The lowest BCUT2D eigenvalue weighted by Gasteiger charge is -2.04. The number of benzene rings is 1. The van der Waals surface area contributed by atoms with Gasteiger partial charge < -0.3 is 9.67 Å². The highest BCUT2D eigenvalue weighted by molar-refractivity contribution is 7.98. The van der Waals surface area contributed by atoms with Gasteiger partial charge in [0.25, 0.3) is 0 Å². The first-order valence-electron chi connectivity index (χ1n) is 4.90. The number of carbonyl (C=O) groups is 1. The lowest BCUT2D eigenvalue weighted by atomic mass is 10.2. The molecule has 2 rings (SSSR count). The van der Waals surface area contributed by atoms with Crippen molar-refractivity contribution in [3.8, 4) is 0 Å². The average Bonchev–Trinajstić information content (AvgIpc) is 2.69. The van der Waals surface area contributed by atoms with E-state index in [0.29, 0.717) is 11.1 Å². The van der Waals surface area contributed by atoms with Crippen LogP contribution in [0.4, 0.5) is 0 Å². The van der Waals surface area contributed by atoms with Crippen molar-refractivity contribution in [1.29, 1.82) is 0 Å². The van der Waals surface area contributed by atoms with E-state index in [0.717, 1.165) is 17.8 Å². The van der Waals surface area contributed by atoms with Crippen molar-refractivity contribution in [2.45, 2.75) is 6.54 Å². The third-order valence-corrected chi connectivity index (χ3v) is 3.00. The molecular formula is C11H12N2O2S. The van der Waals surface area contributed by atoms with E-state index in [2.05, 4.69) is 4.98 Å². The number of carboxylic acids is 1. The molecule has 0 amide bonds. The van der Waals surface area contributed by atoms with Crippen LogP contribution in [-0.2, 0) is 6.54 Å². The van der Waals surface area contributed by atoms with E-state index in [1.54, 1.807) is 30.2 Å². The second-order valence-corrected chi connectivity index (χ2v) is 4.39. The summed E-state index contributed by atoms with van der Waals surface area (Å²) >= 11 is 1.73. The van der Waals surface area contributed by atoms with Gasteiger partial charge in [-0.1, -0.05) is 6.07 Å². The number of nitrogens with zero attached hydrogens (tertiary/aromatic N) is 2. The summed E-state index contributed by atoms with van der Waals surface area (Å²) in [5, 5.41) is 9.10. The molecule has 5 heteroatoms. The molecule has 0 saturated heterocycles. The Morgan fingerprint density at radius 2 is 2.38 bits per heavy atom. The first-order valence-corrected chi connectivity index (χ1v) is 6.29. The largest absolute Gasteiger partial charge is 0.478 e. The minimum Gasteiger partial charge on any atom is -0.478 e. The summed E-state index contributed by atoms with van der Waals surface area (Å²) in [5.74, 6) is 0.0378. The van der Waals surface area contributed by atoms with Gasteiger partial charge in [-0.15, -0.1) is 0 Å². The monoisotopic (exact) mass is 236 g/mol. The van der Waals surface area contributed by atoms with Crippen LogP contribution in [0.5, 0.6) is 0 Å². The number of imidazole rings is 1. The van der Waals surface area contributed by atoms with Gasteiger partial charge >= 0.3 is 5.97 Å². The number of para-hydroxylation sites is 1. The van der Waals surface area contributed by atoms with E-state index in [1.807, 2.05) is 16.9 Å². The van der Waals surface area contributed by atoms with E-state index in [1.165, 1.54) is 0 Å². The fourth-order valence-electron chi connectivity index (χ4n) is 1.66. The summed E-state index contributed by atoms with van der Waals surface area (Å²) in [6, 6.07) is 5.16. The Kier molecular flexibility index (Phi) is 3.14. The van der Waals surface area contributed by atoms with Crippen LogP contribution in [-0.4, -0.2) is 32.6 Å². The Morgan fingerprint density at radius 1 is 1.56 bits per heavy atom. The molecular weight excluding hydrogens is 224 g/mol. The van der Waals surface area contributed by atoms with E-state index in [-0.39, 0.29) is 0 Å². The van der Waals surface area contributed by atoms with E-state index in [4.69, 9.17) is 5.11 Å². The maximum absolute atomic E-state index is 11.1. The molecule has 16 heavy (non-hydrogen) atoms. The van der Waals surface area contributed by atoms with Crippen LogP contribution in [0.25, 0.3) is 11.0 Å². The number of carboxylic acid groups (broad SMARTS) is 1. The van der Waals surface area contributed by atoms with Crippen molar-refractivity contribution in [2.75, 3.05) is 12.0 Å². The standard InChI is InChI=1S/C11H12N2O2S/c1-16-6-5-13-7-12-9-4-2-3-8(10(9)13)11(14)15/h2-4,7H,5-6H2,1H3,(H,14,15). The predicted octanol–water partition coefficient (Wildman–Crippen LogP) is 2.10. The molecule has 0 aliphatic carbocycles. The molecule has 0 radical (unpaired) electrons. The third-order valence-electron chi connectivity index (χ3n) is 2.40. The van der Waals surface area contributed by atoms with Crippen LogP contribution < -0.4 is 0 Å². The molecule has 0 bridgehead atoms. The van der Waals surface area contributed by atoms with Gasteiger partial charge in [-0.3, -0.25) is 0 Å². The van der Waals surface area contributed by atoms with Gasteiger partial charge in [-0.25, -0.2) is 9.78 Å². The fourth-order valence-corrected chi connectivity index (χ4v) is 2.04. The van der Waals surface area contributed by atoms with Crippen molar-refractivity contribution in [2.24, 2.45) is 0 Å². The van der Waals surface area contributed by atoms with Crippen molar-refractivity contribution in [1.82, 2.24) is 9.55 Å². The molecule has 1 aromatic heterocycles. The van der Waals surface area contributed by atoms with Crippen molar-refractivity contribution in [3.63, 3.8) is 0 Å². The van der Waals surface area contributed by atoms with Gasteiger partial charge in [-0.2, -0.15) is 11.8 Å². The molecule has 1 heterocycles. The summed E-state index contributed by atoms with van der Waals surface area (Å²) in [6.07, 6.45) is 3.73. The van der Waals surface area contributed by atoms with E-state index >= 15 is 0 Å².